The molecule has 0 amide bonds. The molecular weight excluding hydrogens is 182 g/mol. The van der Waals surface area contributed by atoms with Gasteiger partial charge in [-0.15, -0.1) is 0 Å². The van der Waals surface area contributed by atoms with Crippen LogP contribution in [-0.4, -0.2) is 38.4 Å². The molecule has 0 aromatic rings. The standard InChI is InChI=1S/C10H21NO3/c1-5-9(11-4)10(12)14-8(3)7-13-6-2/h8-9,11H,5-7H2,1-4H3. The summed E-state index contributed by atoms with van der Waals surface area (Å²) >= 11 is 0. The van der Waals surface area contributed by atoms with Crippen LogP contribution < -0.4 is 5.32 Å². The predicted octanol–water partition coefficient (Wildman–Crippen LogP) is 0.953. The molecular formula is C10H21NO3. The van der Waals surface area contributed by atoms with Gasteiger partial charge in [0.1, 0.15) is 12.1 Å². The first-order valence-corrected chi connectivity index (χ1v) is 5.11. The molecule has 0 radical (unpaired) electrons. The van der Waals surface area contributed by atoms with Gasteiger partial charge in [-0.1, -0.05) is 6.92 Å². The maximum absolute atomic E-state index is 11.4. The van der Waals surface area contributed by atoms with Crippen molar-refractivity contribution in [2.75, 3.05) is 20.3 Å². The van der Waals surface area contributed by atoms with Crippen LogP contribution in [0, 0.1) is 0 Å². The minimum absolute atomic E-state index is 0.176. The lowest BCUT2D eigenvalue weighted by molar-refractivity contribution is -0.153. The highest BCUT2D eigenvalue weighted by molar-refractivity contribution is 5.75. The number of rotatable bonds is 7. The van der Waals surface area contributed by atoms with Gasteiger partial charge in [0.25, 0.3) is 0 Å². The quantitative estimate of drug-likeness (QED) is 0.626. The highest BCUT2D eigenvalue weighted by Crippen LogP contribution is 1.99. The summed E-state index contributed by atoms with van der Waals surface area (Å²) in [7, 11) is 1.75. The maximum atomic E-state index is 11.4. The van der Waals surface area contributed by atoms with Gasteiger partial charge < -0.3 is 14.8 Å². The number of likely N-dealkylation sites (N-methyl/N-ethyl adjacent to an activating group) is 1. The average molecular weight is 203 g/mol. The van der Waals surface area contributed by atoms with Gasteiger partial charge in [-0.2, -0.15) is 0 Å². The third-order valence-corrected chi connectivity index (χ3v) is 1.92. The molecule has 14 heavy (non-hydrogen) atoms. The SMILES string of the molecule is CCOCC(C)OC(=O)C(CC)NC. The first-order valence-electron chi connectivity index (χ1n) is 5.11. The molecule has 2 atom stereocenters. The Bertz CT molecular complexity index is 157. The number of carbonyl (C=O) groups excluding carboxylic acids is 1. The van der Waals surface area contributed by atoms with Crippen molar-refractivity contribution in [3.8, 4) is 0 Å². The molecule has 2 unspecified atom stereocenters. The molecule has 1 N–H and O–H groups in total. The van der Waals surface area contributed by atoms with E-state index in [1.807, 2.05) is 20.8 Å². The molecule has 0 saturated heterocycles. The first kappa shape index (κ1) is 13.4. The second-order valence-electron chi connectivity index (χ2n) is 3.16. The third-order valence-electron chi connectivity index (χ3n) is 1.92. The van der Waals surface area contributed by atoms with Gasteiger partial charge in [0, 0.05) is 6.61 Å². The highest BCUT2D eigenvalue weighted by atomic mass is 16.6. The lowest BCUT2D eigenvalue weighted by atomic mass is 10.2. The minimum atomic E-state index is -0.209. The van der Waals surface area contributed by atoms with Crippen molar-refractivity contribution in [3.05, 3.63) is 0 Å². The van der Waals surface area contributed by atoms with Crippen molar-refractivity contribution in [2.45, 2.75) is 39.3 Å². The van der Waals surface area contributed by atoms with Gasteiger partial charge in [-0.25, -0.2) is 0 Å². The Morgan fingerprint density at radius 3 is 2.50 bits per heavy atom. The summed E-state index contributed by atoms with van der Waals surface area (Å²) in [6.07, 6.45) is 0.557. The van der Waals surface area contributed by atoms with Crippen LogP contribution in [0.1, 0.15) is 27.2 Å². The summed E-state index contributed by atoms with van der Waals surface area (Å²) in [5.74, 6) is -0.206. The van der Waals surface area contributed by atoms with E-state index in [0.29, 0.717) is 13.2 Å². The number of hydrogen-bond donors (Lipinski definition) is 1. The summed E-state index contributed by atoms with van der Waals surface area (Å²) in [6.45, 7) is 6.79. The van der Waals surface area contributed by atoms with Gasteiger partial charge in [-0.3, -0.25) is 4.79 Å². The smallest absolute Gasteiger partial charge is 0.323 e. The van der Waals surface area contributed by atoms with Crippen LogP contribution in [0.2, 0.25) is 0 Å². The van der Waals surface area contributed by atoms with Gasteiger partial charge in [0.05, 0.1) is 6.61 Å². The fourth-order valence-electron chi connectivity index (χ4n) is 1.09. The maximum Gasteiger partial charge on any atom is 0.323 e. The Morgan fingerprint density at radius 2 is 2.07 bits per heavy atom. The molecule has 0 saturated carbocycles. The number of ether oxygens (including phenoxy) is 2. The van der Waals surface area contributed by atoms with E-state index in [1.165, 1.54) is 0 Å². The van der Waals surface area contributed by atoms with E-state index >= 15 is 0 Å². The number of esters is 1. The zero-order valence-electron chi connectivity index (χ0n) is 9.50. The zero-order valence-corrected chi connectivity index (χ0v) is 9.50. The van der Waals surface area contributed by atoms with Crippen LogP contribution in [0.3, 0.4) is 0 Å². The average Bonchev–Trinajstić information content (AvgIpc) is 2.16. The lowest BCUT2D eigenvalue weighted by Crippen LogP contribution is -2.37. The molecule has 0 aliphatic heterocycles. The highest BCUT2D eigenvalue weighted by Gasteiger charge is 2.17. The molecule has 4 heteroatoms. The lowest BCUT2D eigenvalue weighted by Gasteiger charge is -2.17. The topological polar surface area (TPSA) is 47.6 Å². The van der Waals surface area contributed by atoms with Crippen LogP contribution in [0.15, 0.2) is 0 Å². The van der Waals surface area contributed by atoms with Crippen LogP contribution in [0.25, 0.3) is 0 Å². The van der Waals surface area contributed by atoms with Gasteiger partial charge in [0.2, 0.25) is 0 Å². The molecule has 4 nitrogen and oxygen atoms in total. The van der Waals surface area contributed by atoms with Crippen molar-refractivity contribution in [2.24, 2.45) is 0 Å². The third kappa shape index (κ3) is 5.19. The van der Waals surface area contributed by atoms with Gasteiger partial charge >= 0.3 is 5.97 Å². The van der Waals surface area contributed by atoms with Crippen LogP contribution >= 0.6 is 0 Å². The summed E-state index contributed by atoms with van der Waals surface area (Å²) < 4.78 is 10.3. The molecule has 0 aromatic carbocycles. The van der Waals surface area contributed by atoms with Crippen molar-refractivity contribution < 1.29 is 14.3 Å². The summed E-state index contributed by atoms with van der Waals surface area (Å²) in [6, 6.07) is -0.209. The van der Waals surface area contributed by atoms with E-state index < -0.39 is 0 Å². The molecule has 0 bridgehead atoms. The summed E-state index contributed by atoms with van der Waals surface area (Å²) in [5, 5.41) is 2.90. The van der Waals surface area contributed by atoms with E-state index in [4.69, 9.17) is 9.47 Å². The zero-order chi connectivity index (χ0) is 11.0. The fourth-order valence-corrected chi connectivity index (χ4v) is 1.09. The van der Waals surface area contributed by atoms with Crippen molar-refractivity contribution in [1.82, 2.24) is 5.32 Å². The second-order valence-corrected chi connectivity index (χ2v) is 3.16. The number of nitrogens with one attached hydrogen (secondary N) is 1. The fraction of sp³-hybridized carbons (Fsp3) is 0.900. The van der Waals surface area contributed by atoms with Crippen LogP contribution in [-0.2, 0) is 14.3 Å². The predicted molar refractivity (Wildman–Crippen MR) is 55.2 cm³/mol. The van der Waals surface area contributed by atoms with Crippen molar-refractivity contribution in [1.29, 1.82) is 0 Å². The van der Waals surface area contributed by atoms with Crippen LogP contribution in [0.4, 0.5) is 0 Å². The Labute approximate surface area is 86.0 Å². The first-order chi connectivity index (χ1) is 6.65. The molecule has 0 heterocycles. The minimum Gasteiger partial charge on any atom is -0.459 e. The van der Waals surface area contributed by atoms with E-state index in [9.17, 15) is 4.79 Å². The van der Waals surface area contributed by atoms with Gasteiger partial charge in [-0.05, 0) is 27.3 Å². The summed E-state index contributed by atoms with van der Waals surface area (Å²) in [5.41, 5.74) is 0. The molecule has 0 fully saturated rings. The molecule has 0 rings (SSSR count). The Morgan fingerprint density at radius 1 is 1.43 bits per heavy atom. The Hall–Kier alpha value is -0.610. The molecule has 0 aliphatic rings. The van der Waals surface area contributed by atoms with E-state index in [-0.39, 0.29) is 18.1 Å². The Balaban J connectivity index is 3.79. The largest absolute Gasteiger partial charge is 0.459 e. The molecule has 0 aliphatic carbocycles. The molecule has 0 aromatic heterocycles. The number of carbonyl (C=O) groups is 1. The second kappa shape index (κ2) is 7.76. The van der Waals surface area contributed by atoms with E-state index in [0.717, 1.165) is 6.42 Å². The van der Waals surface area contributed by atoms with E-state index in [1.54, 1.807) is 7.05 Å². The van der Waals surface area contributed by atoms with Crippen molar-refractivity contribution >= 4 is 5.97 Å². The normalized spacial score (nSPS) is 14.9. The van der Waals surface area contributed by atoms with E-state index in [2.05, 4.69) is 5.32 Å². The van der Waals surface area contributed by atoms with Crippen molar-refractivity contribution in [3.63, 3.8) is 0 Å². The van der Waals surface area contributed by atoms with Crippen LogP contribution in [0.5, 0.6) is 0 Å². The summed E-state index contributed by atoms with van der Waals surface area (Å²) in [4.78, 5) is 11.4. The monoisotopic (exact) mass is 203 g/mol. The number of hydrogen-bond acceptors (Lipinski definition) is 4. The van der Waals surface area contributed by atoms with Gasteiger partial charge in [0.15, 0.2) is 0 Å². The molecule has 84 valence electrons. The Kier molecular flexibility index (Phi) is 7.42. The molecule has 0 spiro atoms.